The standard InChI is InChI=1S/C27H26BrNO/c28-18-17-23-21-29(22-23)19-10-20-30-27(24-11-4-1-5-12-24,25-13-6-2-7-14-25)26-15-8-3-9-16-26/h1-9,11-16,23H,10,19-22H2. The molecule has 1 aliphatic rings. The van der Waals surface area contributed by atoms with Crippen molar-refractivity contribution in [3.8, 4) is 10.8 Å². The molecule has 0 unspecified atom stereocenters. The number of halogens is 1. The highest BCUT2D eigenvalue weighted by molar-refractivity contribution is 9.12. The van der Waals surface area contributed by atoms with Crippen molar-refractivity contribution in [3.63, 3.8) is 0 Å². The van der Waals surface area contributed by atoms with Gasteiger partial charge < -0.3 is 9.64 Å². The Morgan fingerprint density at radius 2 is 1.27 bits per heavy atom. The van der Waals surface area contributed by atoms with Crippen molar-refractivity contribution in [2.75, 3.05) is 26.2 Å². The zero-order valence-electron chi connectivity index (χ0n) is 17.0. The van der Waals surface area contributed by atoms with Crippen LogP contribution in [0, 0.1) is 16.7 Å². The van der Waals surface area contributed by atoms with Crippen LogP contribution in [0.4, 0.5) is 0 Å². The van der Waals surface area contributed by atoms with Crippen LogP contribution in [-0.4, -0.2) is 31.1 Å². The van der Waals surface area contributed by atoms with Gasteiger partial charge in [0.15, 0.2) is 0 Å². The maximum Gasteiger partial charge on any atom is 0.143 e. The van der Waals surface area contributed by atoms with E-state index in [4.69, 9.17) is 4.74 Å². The summed E-state index contributed by atoms with van der Waals surface area (Å²) in [6, 6.07) is 31.7. The second-order valence-corrected chi connectivity index (χ2v) is 8.07. The predicted molar refractivity (Wildman–Crippen MR) is 126 cm³/mol. The van der Waals surface area contributed by atoms with E-state index in [-0.39, 0.29) is 0 Å². The van der Waals surface area contributed by atoms with E-state index in [1.54, 1.807) is 0 Å². The summed E-state index contributed by atoms with van der Waals surface area (Å²) in [5.41, 5.74) is 2.83. The lowest BCUT2D eigenvalue weighted by Gasteiger charge is -2.38. The van der Waals surface area contributed by atoms with Crippen molar-refractivity contribution >= 4 is 15.9 Å². The maximum atomic E-state index is 6.82. The fourth-order valence-corrected chi connectivity index (χ4v) is 4.53. The molecule has 0 aromatic heterocycles. The summed E-state index contributed by atoms with van der Waals surface area (Å²) in [6.07, 6.45) is 0.989. The Bertz CT molecular complexity index is 876. The summed E-state index contributed by atoms with van der Waals surface area (Å²) in [5.74, 6) is 3.69. The summed E-state index contributed by atoms with van der Waals surface area (Å²) in [4.78, 5) is 5.29. The summed E-state index contributed by atoms with van der Waals surface area (Å²) < 4.78 is 6.82. The van der Waals surface area contributed by atoms with Crippen LogP contribution >= 0.6 is 15.9 Å². The van der Waals surface area contributed by atoms with Gasteiger partial charge in [-0.3, -0.25) is 0 Å². The van der Waals surface area contributed by atoms with E-state index >= 15 is 0 Å². The van der Waals surface area contributed by atoms with E-state index in [2.05, 4.69) is 123 Å². The van der Waals surface area contributed by atoms with E-state index < -0.39 is 5.60 Å². The van der Waals surface area contributed by atoms with Crippen LogP contribution in [0.2, 0.25) is 0 Å². The molecular formula is C27H26BrNO. The zero-order valence-corrected chi connectivity index (χ0v) is 18.6. The summed E-state index contributed by atoms with van der Waals surface area (Å²) in [6.45, 7) is 3.83. The minimum atomic E-state index is -0.622. The number of rotatable bonds is 8. The summed E-state index contributed by atoms with van der Waals surface area (Å²) >= 11 is 3.20. The number of likely N-dealkylation sites (tertiary alicyclic amines) is 1. The highest BCUT2D eigenvalue weighted by atomic mass is 79.9. The Kier molecular flexibility index (Phi) is 7.02. The first-order valence-electron chi connectivity index (χ1n) is 10.5. The molecule has 1 saturated heterocycles. The normalized spacial score (nSPS) is 14.6. The third-order valence-electron chi connectivity index (χ3n) is 5.69. The third kappa shape index (κ3) is 4.52. The molecule has 0 radical (unpaired) electrons. The Morgan fingerprint density at radius 1 is 0.800 bits per heavy atom. The van der Waals surface area contributed by atoms with E-state index in [0.29, 0.717) is 12.5 Å². The number of ether oxygens (including phenoxy) is 1. The van der Waals surface area contributed by atoms with E-state index in [1.165, 1.54) is 0 Å². The molecule has 1 heterocycles. The smallest absolute Gasteiger partial charge is 0.143 e. The first-order valence-corrected chi connectivity index (χ1v) is 11.3. The molecule has 3 aromatic carbocycles. The van der Waals surface area contributed by atoms with Crippen LogP contribution in [0.3, 0.4) is 0 Å². The Morgan fingerprint density at radius 3 is 1.70 bits per heavy atom. The van der Waals surface area contributed by atoms with E-state index in [1.807, 2.05) is 0 Å². The number of hydrogen-bond donors (Lipinski definition) is 0. The summed E-state index contributed by atoms with van der Waals surface area (Å²) in [5, 5.41) is 0. The van der Waals surface area contributed by atoms with Gasteiger partial charge in [0.05, 0.1) is 0 Å². The van der Waals surface area contributed by atoms with E-state index in [0.717, 1.165) is 42.7 Å². The fourth-order valence-electron chi connectivity index (χ4n) is 4.20. The quantitative estimate of drug-likeness (QED) is 0.244. The van der Waals surface area contributed by atoms with Gasteiger partial charge in [-0.05, 0) is 27.9 Å². The second-order valence-electron chi connectivity index (χ2n) is 7.68. The molecule has 0 spiro atoms. The number of benzene rings is 3. The van der Waals surface area contributed by atoms with E-state index in [9.17, 15) is 0 Å². The molecule has 0 bridgehead atoms. The van der Waals surface area contributed by atoms with Crippen molar-refractivity contribution in [1.29, 1.82) is 0 Å². The SMILES string of the molecule is BrC#CC1CN(CCCOC(c2ccccc2)(c2ccccc2)c2ccccc2)C1. The molecule has 0 atom stereocenters. The Hall–Kier alpha value is -2.38. The van der Waals surface area contributed by atoms with Crippen LogP contribution in [0.1, 0.15) is 23.1 Å². The topological polar surface area (TPSA) is 12.5 Å². The second kappa shape index (κ2) is 10.1. The van der Waals surface area contributed by atoms with Crippen LogP contribution in [0.25, 0.3) is 0 Å². The largest absolute Gasteiger partial charge is 0.361 e. The number of hydrogen-bond acceptors (Lipinski definition) is 2. The Balaban J connectivity index is 1.58. The van der Waals surface area contributed by atoms with Gasteiger partial charge in [-0.2, -0.15) is 0 Å². The molecule has 3 aromatic rings. The molecule has 0 aliphatic carbocycles. The van der Waals surface area contributed by atoms with Crippen molar-refractivity contribution in [1.82, 2.24) is 4.90 Å². The molecule has 4 rings (SSSR count). The molecule has 30 heavy (non-hydrogen) atoms. The van der Waals surface area contributed by atoms with Crippen molar-refractivity contribution in [2.45, 2.75) is 12.0 Å². The molecule has 152 valence electrons. The molecule has 1 aliphatic heterocycles. The van der Waals surface area contributed by atoms with Gasteiger partial charge in [-0.25, -0.2) is 0 Å². The number of nitrogens with zero attached hydrogens (tertiary/aromatic N) is 1. The van der Waals surface area contributed by atoms with Crippen molar-refractivity contribution in [2.24, 2.45) is 5.92 Å². The minimum absolute atomic E-state index is 0.502. The molecular weight excluding hydrogens is 434 g/mol. The highest BCUT2D eigenvalue weighted by Gasteiger charge is 2.37. The average Bonchev–Trinajstić information content (AvgIpc) is 2.79. The van der Waals surface area contributed by atoms with Gasteiger partial charge in [-0.1, -0.05) is 96.9 Å². The average molecular weight is 460 g/mol. The monoisotopic (exact) mass is 459 g/mol. The van der Waals surface area contributed by atoms with Crippen LogP contribution in [-0.2, 0) is 10.3 Å². The zero-order chi connectivity index (χ0) is 20.7. The summed E-state index contributed by atoms with van der Waals surface area (Å²) in [7, 11) is 0. The minimum Gasteiger partial charge on any atom is -0.361 e. The van der Waals surface area contributed by atoms with Gasteiger partial charge in [0.2, 0.25) is 0 Å². The molecule has 0 N–H and O–H groups in total. The van der Waals surface area contributed by atoms with Gasteiger partial charge in [0, 0.05) is 48.1 Å². The maximum absolute atomic E-state index is 6.82. The molecule has 0 amide bonds. The third-order valence-corrected chi connectivity index (χ3v) is 5.92. The van der Waals surface area contributed by atoms with Gasteiger partial charge >= 0.3 is 0 Å². The fraction of sp³-hybridized carbons (Fsp3) is 0.259. The first-order chi connectivity index (χ1) is 14.8. The Labute approximate surface area is 188 Å². The first kappa shape index (κ1) is 20.9. The van der Waals surface area contributed by atoms with Crippen molar-refractivity contribution < 1.29 is 4.74 Å². The lowest BCUT2D eigenvalue weighted by atomic mass is 9.80. The van der Waals surface area contributed by atoms with Gasteiger partial charge in [-0.15, -0.1) is 0 Å². The van der Waals surface area contributed by atoms with Gasteiger partial charge in [0.1, 0.15) is 5.60 Å². The van der Waals surface area contributed by atoms with Gasteiger partial charge in [0.25, 0.3) is 0 Å². The highest BCUT2D eigenvalue weighted by Crippen LogP contribution is 2.40. The molecule has 2 nitrogen and oxygen atoms in total. The lowest BCUT2D eigenvalue weighted by Crippen LogP contribution is -2.46. The van der Waals surface area contributed by atoms with Crippen LogP contribution in [0.5, 0.6) is 0 Å². The lowest BCUT2D eigenvalue weighted by molar-refractivity contribution is 0.00391. The molecule has 1 fully saturated rings. The van der Waals surface area contributed by atoms with Crippen molar-refractivity contribution in [3.05, 3.63) is 108 Å². The molecule has 0 saturated carbocycles. The predicted octanol–water partition coefficient (Wildman–Crippen LogP) is 5.67. The van der Waals surface area contributed by atoms with Crippen LogP contribution in [0.15, 0.2) is 91.0 Å². The molecule has 3 heteroatoms. The van der Waals surface area contributed by atoms with Crippen LogP contribution < -0.4 is 0 Å².